The van der Waals surface area contributed by atoms with E-state index in [1.807, 2.05) is 32.0 Å². The third-order valence-corrected chi connectivity index (χ3v) is 5.16. The maximum absolute atomic E-state index is 13.1. The minimum Gasteiger partial charge on any atom is -0.491 e. The molecule has 0 saturated heterocycles. The SMILES string of the molecule is CCOc1c(Br)cc(Cl)cc1NCC(=O)N1c2ccccc2NC(=O)C[C@@H]1C. The van der Waals surface area contributed by atoms with Crippen molar-refractivity contribution in [3.8, 4) is 5.75 Å². The molecule has 0 aliphatic carbocycles. The Kier molecular flexibility index (Phi) is 6.46. The molecule has 0 radical (unpaired) electrons. The van der Waals surface area contributed by atoms with Crippen molar-refractivity contribution >= 4 is 56.4 Å². The smallest absolute Gasteiger partial charge is 0.246 e. The molecule has 1 heterocycles. The number of carbonyl (C=O) groups excluding carboxylic acids is 2. The first kappa shape index (κ1) is 20.5. The molecule has 3 rings (SSSR count). The fraction of sp³-hybridized carbons (Fsp3) is 0.300. The van der Waals surface area contributed by atoms with Gasteiger partial charge in [0.05, 0.1) is 34.7 Å². The fourth-order valence-corrected chi connectivity index (χ4v) is 4.13. The van der Waals surface area contributed by atoms with Crippen LogP contribution < -0.4 is 20.3 Å². The lowest BCUT2D eigenvalue weighted by Crippen LogP contribution is -2.42. The van der Waals surface area contributed by atoms with Crippen molar-refractivity contribution in [2.45, 2.75) is 26.3 Å². The summed E-state index contributed by atoms with van der Waals surface area (Å²) in [5, 5.41) is 6.50. The predicted molar refractivity (Wildman–Crippen MR) is 115 cm³/mol. The average Bonchev–Trinajstić information content (AvgIpc) is 2.76. The maximum atomic E-state index is 13.1. The molecule has 2 aromatic rings. The van der Waals surface area contributed by atoms with Crippen LogP contribution in [0.3, 0.4) is 0 Å². The number of amides is 2. The summed E-state index contributed by atoms with van der Waals surface area (Å²) >= 11 is 9.59. The molecule has 148 valence electrons. The fourth-order valence-electron chi connectivity index (χ4n) is 3.21. The van der Waals surface area contributed by atoms with E-state index in [9.17, 15) is 9.59 Å². The second-order valence-electron chi connectivity index (χ2n) is 6.43. The number of hydrogen-bond acceptors (Lipinski definition) is 4. The van der Waals surface area contributed by atoms with Crippen LogP contribution in [0.1, 0.15) is 20.3 Å². The lowest BCUT2D eigenvalue weighted by Gasteiger charge is -2.28. The summed E-state index contributed by atoms with van der Waals surface area (Å²) in [5.74, 6) is 0.330. The van der Waals surface area contributed by atoms with Crippen molar-refractivity contribution in [1.29, 1.82) is 0 Å². The summed E-state index contributed by atoms with van der Waals surface area (Å²) in [7, 11) is 0. The van der Waals surface area contributed by atoms with Gasteiger partial charge in [-0.05, 0) is 54.0 Å². The Morgan fingerprint density at radius 1 is 1.39 bits per heavy atom. The van der Waals surface area contributed by atoms with Gasteiger partial charge in [-0.1, -0.05) is 23.7 Å². The van der Waals surface area contributed by atoms with E-state index >= 15 is 0 Å². The first-order valence-corrected chi connectivity index (χ1v) is 10.1. The average molecular weight is 467 g/mol. The van der Waals surface area contributed by atoms with Crippen LogP contribution in [-0.4, -0.2) is 31.0 Å². The molecule has 8 heteroatoms. The van der Waals surface area contributed by atoms with Gasteiger partial charge in [-0.3, -0.25) is 9.59 Å². The Hall–Kier alpha value is -2.25. The van der Waals surface area contributed by atoms with Crippen molar-refractivity contribution in [1.82, 2.24) is 0 Å². The predicted octanol–water partition coefficient (Wildman–Crippen LogP) is 4.68. The van der Waals surface area contributed by atoms with Gasteiger partial charge in [0, 0.05) is 17.5 Å². The van der Waals surface area contributed by atoms with E-state index in [1.165, 1.54) is 0 Å². The van der Waals surface area contributed by atoms with E-state index < -0.39 is 0 Å². The van der Waals surface area contributed by atoms with Gasteiger partial charge < -0.3 is 20.3 Å². The van der Waals surface area contributed by atoms with Crippen LogP contribution >= 0.6 is 27.5 Å². The Labute approximate surface area is 177 Å². The summed E-state index contributed by atoms with van der Waals surface area (Å²) in [5.41, 5.74) is 1.94. The number of anilines is 3. The first-order chi connectivity index (χ1) is 13.4. The quantitative estimate of drug-likeness (QED) is 0.671. The Morgan fingerprint density at radius 2 is 2.14 bits per heavy atom. The largest absolute Gasteiger partial charge is 0.491 e. The molecule has 2 amide bonds. The summed E-state index contributed by atoms with van der Waals surface area (Å²) in [6.45, 7) is 4.25. The van der Waals surface area contributed by atoms with E-state index in [-0.39, 0.29) is 30.8 Å². The molecular formula is C20H21BrClN3O3. The second-order valence-corrected chi connectivity index (χ2v) is 7.72. The van der Waals surface area contributed by atoms with Crippen molar-refractivity contribution in [3.05, 3.63) is 45.9 Å². The van der Waals surface area contributed by atoms with Crippen LogP contribution in [0.25, 0.3) is 0 Å². The van der Waals surface area contributed by atoms with Crippen molar-refractivity contribution in [3.63, 3.8) is 0 Å². The molecular weight excluding hydrogens is 446 g/mol. The highest BCUT2D eigenvalue weighted by molar-refractivity contribution is 9.10. The highest BCUT2D eigenvalue weighted by Gasteiger charge is 2.29. The van der Waals surface area contributed by atoms with Crippen molar-refractivity contribution < 1.29 is 14.3 Å². The number of halogens is 2. The molecule has 6 nitrogen and oxygen atoms in total. The second kappa shape index (κ2) is 8.84. The number of benzene rings is 2. The van der Waals surface area contributed by atoms with Gasteiger partial charge in [0.25, 0.3) is 0 Å². The van der Waals surface area contributed by atoms with E-state index in [2.05, 4.69) is 26.6 Å². The third-order valence-electron chi connectivity index (χ3n) is 4.36. The number of carbonyl (C=O) groups is 2. The number of hydrogen-bond donors (Lipinski definition) is 2. The molecule has 0 spiro atoms. The zero-order valence-corrected chi connectivity index (χ0v) is 17.9. The summed E-state index contributed by atoms with van der Waals surface area (Å²) in [6.07, 6.45) is 0.229. The van der Waals surface area contributed by atoms with E-state index in [1.54, 1.807) is 23.1 Å². The molecule has 2 aromatic carbocycles. The molecule has 0 fully saturated rings. The van der Waals surface area contributed by atoms with E-state index in [0.29, 0.717) is 38.9 Å². The lowest BCUT2D eigenvalue weighted by atomic mass is 10.1. The van der Waals surface area contributed by atoms with Gasteiger partial charge in [0.15, 0.2) is 5.75 Å². The number of rotatable bonds is 5. The minimum atomic E-state index is -0.268. The Balaban J connectivity index is 1.85. The third kappa shape index (κ3) is 4.42. The Morgan fingerprint density at radius 3 is 2.89 bits per heavy atom. The number of nitrogens with one attached hydrogen (secondary N) is 2. The van der Waals surface area contributed by atoms with Crippen LogP contribution in [0.4, 0.5) is 17.1 Å². The number of fused-ring (bicyclic) bond motifs is 1. The molecule has 1 aliphatic rings. The lowest BCUT2D eigenvalue weighted by molar-refractivity contribution is -0.118. The number of ether oxygens (including phenoxy) is 1. The molecule has 0 unspecified atom stereocenters. The topological polar surface area (TPSA) is 70.7 Å². The molecule has 1 aliphatic heterocycles. The first-order valence-electron chi connectivity index (χ1n) is 8.97. The Bertz CT molecular complexity index is 906. The van der Waals surface area contributed by atoms with Gasteiger partial charge >= 0.3 is 0 Å². The zero-order chi connectivity index (χ0) is 20.3. The van der Waals surface area contributed by atoms with Crippen molar-refractivity contribution in [2.75, 3.05) is 28.7 Å². The van der Waals surface area contributed by atoms with Gasteiger partial charge in [-0.2, -0.15) is 0 Å². The highest BCUT2D eigenvalue weighted by Crippen LogP contribution is 2.37. The number of para-hydroxylation sites is 2. The normalized spacial score (nSPS) is 16.1. The van der Waals surface area contributed by atoms with Crippen molar-refractivity contribution in [2.24, 2.45) is 0 Å². The zero-order valence-electron chi connectivity index (χ0n) is 15.6. The summed E-state index contributed by atoms with van der Waals surface area (Å²) in [4.78, 5) is 26.8. The van der Waals surface area contributed by atoms with Crippen LogP contribution in [0.5, 0.6) is 5.75 Å². The molecule has 2 N–H and O–H groups in total. The summed E-state index contributed by atoms with van der Waals surface area (Å²) < 4.78 is 6.37. The van der Waals surface area contributed by atoms with E-state index in [0.717, 1.165) is 0 Å². The van der Waals surface area contributed by atoms with Gasteiger partial charge in [0.2, 0.25) is 11.8 Å². The molecule has 0 bridgehead atoms. The minimum absolute atomic E-state index is 0.0275. The summed E-state index contributed by atoms with van der Waals surface area (Å²) in [6, 6.07) is 10.5. The molecule has 0 saturated carbocycles. The van der Waals surface area contributed by atoms with Crippen LogP contribution in [0, 0.1) is 0 Å². The monoisotopic (exact) mass is 465 g/mol. The highest BCUT2D eigenvalue weighted by atomic mass is 79.9. The van der Waals surface area contributed by atoms with Gasteiger partial charge in [-0.25, -0.2) is 0 Å². The van der Waals surface area contributed by atoms with Crippen LogP contribution in [-0.2, 0) is 9.59 Å². The molecule has 0 aromatic heterocycles. The van der Waals surface area contributed by atoms with Crippen LogP contribution in [0.2, 0.25) is 5.02 Å². The van der Waals surface area contributed by atoms with Gasteiger partial charge in [0.1, 0.15) is 0 Å². The molecule has 1 atom stereocenters. The maximum Gasteiger partial charge on any atom is 0.246 e. The molecule has 28 heavy (non-hydrogen) atoms. The van der Waals surface area contributed by atoms with Gasteiger partial charge in [-0.15, -0.1) is 0 Å². The van der Waals surface area contributed by atoms with E-state index in [4.69, 9.17) is 16.3 Å². The van der Waals surface area contributed by atoms with Crippen LogP contribution in [0.15, 0.2) is 40.9 Å². The number of nitrogens with zero attached hydrogens (tertiary/aromatic N) is 1. The standard InChI is InChI=1S/C20H21BrClN3O3/c1-3-28-20-14(21)9-13(22)10-16(20)23-11-19(27)25-12(2)8-18(26)24-15-6-4-5-7-17(15)25/h4-7,9-10,12,23H,3,8,11H2,1-2H3,(H,24,26)/t12-/m0/s1.